The van der Waals surface area contributed by atoms with Gasteiger partial charge in [0.25, 0.3) is 0 Å². The fourth-order valence-corrected chi connectivity index (χ4v) is 5.10. The van der Waals surface area contributed by atoms with E-state index in [9.17, 15) is 18.0 Å². The maximum atomic E-state index is 14.0. The summed E-state index contributed by atoms with van der Waals surface area (Å²) in [6, 6.07) is 22.8. The number of hydrogen-bond acceptors (Lipinski definition) is 5. The summed E-state index contributed by atoms with van der Waals surface area (Å²) < 4.78 is 31.9. The molecule has 0 aliphatic carbocycles. The van der Waals surface area contributed by atoms with Crippen molar-refractivity contribution in [3.05, 3.63) is 95.6 Å². The fourth-order valence-electron chi connectivity index (χ4n) is 4.25. The van der Waals surface area contributed by atoms with E-state index in [-0.39, 0.29) is 18.9 Å². The van der Waals surface area contributed by atoms with Crippen LogP contribution in [-0.2, 0) is 32.6 Å². The van der Waals surface area contributed by atoms with E-state index in [1.165, 1.54) is 12.0 Å². The molecule has 0 aliphatic rings. The minimum Gasteiger partial charge on any atom is -0.497 e. The Hall–Kier alpha value is -3.85. The summed E-state index contributed by atoms with van der Waals surface area (Å²) in [5.41, 5.74) is 3.07. The monoisotopic (exact) mass is 551 g/mol. The molecule has 0 heterocycles. The second-order valence-corrected chi connectivity index (χ2v) is 11.3. The molecule has 0 fully saturated rings. The smallest absolute Gasteiger partial charge is 0.244 e. The zero-order chi connectivity index (χ0) is 28.4. The first-order valence-electron chi connectivity index (χ1n) is 12.9. The number of nitrogens with zero attached hydrogens (tertiary/aromatic N) is 2. The van der Waals surface area contributed by atoms with E-state index in [1.54, 1.807) is 24.3 Å². The number of sulfonamides is 1. The summed E-state index contributed by atoms with van der Waals surface area (Å²) in [4.78, 5) is 29.0. The number of anilines is 1. The van der Waals surface area contributed by atoms with Crippen LogP contribution in [0.15, 0.2) is 78.9 Å². The van der Waals surface area contributed by atoms with E-state index >= 15 is 0 Å². The summed E-state index contributed by atoms with van der Waals surface area (Å²) >= 11 is 0. The molecule has 1 atom stereocenters. The number of methoxy groups -OCH3 is 1. The molecule has 3 aromatic carbocycles. The van der Waals surface area contributed by atoms with Gasteiger partial charge >= 0.3 is 0 Å². The second kappa shape index (κ2) is 13.8. The largest absolute Gasteiger partial charge is 0.497 e. The molecular weight excluding hydrogens is 514 g/mol. The second-order valence-electron chi connectivity index (χ2n) is 9.41. The van der Waals surface area contributed by atoms with Gasteiger partial charge in [-0.1, -0.05) is 61.5 Å². The Morgan fingerprint density at radius 2 is 1.59 bits per heavy atom. The molecule has 3 aromatic rings. The number of ether oxygens (including phenoxy) is 1. The minimum atomic E-state index is -3.82. The van der Waals surface area contributed by atoms with Crippen molar-refractivity contribution >= 4 is 27.5 Å². The highest BCUT2D eigenvalue weighted by molar-refractivity contribution is 7.92. The van der Waals surface area contributed by atoms with Gasteiger partial charge in [0.2, 0.25) is 21.8 Å². The average Bonchev–Trinajstić information content (AvgIpc) is 2.93. The maximum absolute atomic E-state index is 14.0. The predicted molar refractivity (Wildman–Crippen MR) is 154 cm³/mol. The standard InChI is InChI=1S/C30H37N3O5S/c1-5-19-31-30(35)28(20-24-12-7-6-8-13-24)32(21-25-14-10-9-11-23(25)2)29(34)22-33(39(4,36)37)26-15-17-27(38-3)18-16-26/h6-18,28H,5,19-22H2,1-4H3,(H,31,35). The third-order valence-electron chi connectivity index (χ3n) is 6.46. The van der Waals surface area contributed by atoms with Crippen LogP contribution in [0.3, 0.4) is 0 Å². The Labute approximate surface area is 231 Å². The number of benzene rings is 3. The number of carbonyl (C=O) groups excluding carboxylic acids is 2. The van der Waals surface area contributed by atoms with Crippen molar-refractivity contribution < 1.29 is 22.7 Å². The summed E-state index contributed by atoms with van der Waals surface area (Å²) in [5, 5.41) is 2.94. The van der Waals surface area contributed by atoms with E-state index in [4.69, 9.17) is 4.74 Å². The Bertz CT molecular complexity index is 1340. The van der Waals surface area contributed by atoms with Crippen LogP contribution in [0.25, 0.3) is 0 Å². The number of hydrogen-bond donors (Lipinski definition) is 1. The Morgan fingerprint density at radius 1 is 0.949 bits per heavy atom. The van der Waals surface area contributed by atoms with Gasteiger partial charge in [-0.3, -0.25) is 13.9 Å². The first-order chi connectivity index (χ1) is 18.6. The number of nitrogens with one attached hydrogen (secondary N) is 1. The van der Waals surface area contributed by atoms with Crippen molar-refractivity contribution in [2.45, 2.75) is 39.3 Å². The van der Waals surface area contributed by atoms with Crippen LogP contribution >= 0.6 is 0 Å². The Kier molecular flexibility index (Phi) is 10.5. The first kappa shape index (κ1) is 29.7. The van der Waals surface area contributed by atoms with Crippen LogP contribution in [0.1, 0.15) is 30.0 Å². The summed E-state index contributed by atoms with van der Waals surface area (Å²) in [7, 11) is -2.30. The molecule has 1 N–H and O–H groups in total. The van der Waals surface area contributed by atoms with Crippen molar-refractivity contribution in [3.63, 3.8) is 0 Å². The van der Waals surface area contributed by atoms with Crippen LogP contribution in [0.5, 0.6) is 5.75 Å². The molecule has 0 aliphatic heterocycles. The van der Waals surface area contributed by atoms with Gasteiger partial charge in [-0.25, -0.2) is 8.42 Å². The van der Waals surface area contributed by atoms with Crippen molar-refractivity contribution in [2.75, 3.05) is 30.8 Å². The SMILES string of the molecule is CCCNC(=O)C(Cc1ccccc1)N(Cc1ccccc1C)C(=O)CN(c1ccc(OC)cc1)S(C)(=O)=O. The highest BCUT2D eigenvalue weighted by Crippen LogP contribution is 2.23. The van der Waals surface area contributed by atoms with Crippen molar-refractivity contribution in [3.8, 4) is 5.75 Å². The van der Waals surface area contributed by atoms with Crippen molar-refractivity contribution in [1.82, 2.24) is 10.2 Å². The normalized spacial score (nSPS) is 11.9. The predicted octanol–water partition coefficient (Wildman–Crippen LogP) is 3.94. The maximum Gasteiger partial charge on any atom is 0.244 e. The molecule has 0 saturated carbocycles. The number of amides is 2. The van der Waals surface area contributed by atoms with Gasteiger partial charge in [-0.05, 0) is 54.3 Å². The first-order valence-corrected chi connectivity index (χ1v) is 14.8. The summed E-state index contributed by atoms with van der Waals surface area (Å²) in [5.74, 6) is -0.194. The quantitative estimate of drug-likeness (QED) is 0.347. The van der Waals surface area contributed by atoms with Crippen LogP contribution in [0, 0.1) is 6.92 Å². The van der Waals surface area contributed by atoms with Crippen LogP contribution in [-0.4, -0.2) is 57.6 Å². The summed E-state index contributed by atoms with van der Waals surface area (Å²) in [6.07, 6.45) is 2.09. The van der Waals surface area contributed by atoms with Crippen molar-refractivity contribution in [1.29, 1.82) is 0 Å². The highest BCUT2D eigenvalue weighted by atomic mass is 32.2. The molecule has 9 heteroatoms. The van der Waals surface area contributed by atoms with Gasteiger partial charge in [0.05, 0.1) is 19.1 Å². The lowest BCUT2D eigenvalue weighted by Gasteiger charge is -2.34. The molecule has 0 spiro atoms. The van der Waals surface area contributed by atoms with E-state index < -0.39 is 28.5 Å². The van der Waals surface area contributed by atoms with Gasteiger partial charge in [0.15, 0.2) is 0 Å². The van der Waals surface area contributed by atoms with E-state index in [0.717, 1.165) is 33.7 Å². The molecule has 0 bridgehead atoms. The molecule has 0 radical (unpaired) electrons. The van der Waals surface area contributed by atoms with E-state index in [0.29, 0.717) is 18.0 Å². The van der Waals surface area contributed by atoms with Gasteiger partial charge < -0.3 is 15.0 Å². The lowest BCUT2D eigenvalue weighted by Crippen LogP contribution is -2.53. The Balaban J connectivity index is 2.04. The van der Waals surface area contributed by atoms with Gasteiger partial charge in [0, 0.05) is 19.5 Å². The minimum absolute atomic E-state index is 0.156. The van der Waals surface area contributed by atoms with Gasteiger partial charge in [-0.2, -0.15) is 0 Å². The highest BCUT2D eigenvalue weighted by Gasteiger charge is 2.33. The lowest BCUT2D eigenvalue weighted by molar-refractivity contribution is -0.140. The zero-order valence-corrected chi connectivity index (χ0v) is 23.8. The third kappa shape index (κ3) is 8.32. The molecule has 0 aromatic heterocycles. The summed E-state index contributed by atoms with van der Waals surface area (Å²) in [6.45, 7) is 4.08. The van der Waals surface area contributed by atoms with Crippen LogP contribution < -0.4 is 14.4 Å². The zero-order valence-electron chi connectivity index (χ0n) is 23.0. The molecule has 8 nitrogen and oxygen atoms in total. The molecule has 3 rings (SSSR count). The third-order valence-corrected chi connectivity index (χ3v) is 7.60. The number of rotatable bonds is 13. The van der Waals surface area contributed by atoms with Gasteiger partial charge in [-0.15, -0.1) is 0 Å². The number of aryl methyl sites for hydroxylation is 1. The van der Waals surface area contributed by atoms with Crippen LogP contribution in [0.2, 0.25) is 0 Å². The molecular formula is C30H37N3O5S. The lowest BCUT2D eigenvalue weighted by atomic mass is 10.0. The van der Waals surface area contributed by atoms with Crippen molar-refractivity contribution in [2.24, 2.45) is 0 Å². The average molecular weight is 552 g/mol. The number of carbonyl (C=O) groups is 2. The fraction of sp³-hybridized carbons (Fsp3) is 0.333. The molecule has 1 unspecified atom stereocenters. The van der Waals surface area contributed by atoms with E-state index in [1.807, 2.05) is 68.4 Å². The van der Waals surface area contributed by atoms with Crippen LogP contribution in [0.4, 0.5) is 5.69 Å². The Morgan fingerprint density at radius 3 is 2.18 bits per heavy atom. The van der Waals surface area contributed by atoms with Gasteiger partial charge in [0.1, 0.15) is 18.3 Å². The van der Waals surface area contributed by atoms with E-state index in [2.05, 4.69) is 5.32 Å². The topological polar surface area (TPSA) is 96.0 Å². The molecule has 2 amide bonds. The molecule has 0 saturated heterocycles. The molecule has 208 valence electrons. The molecule has 39 heavy (non-hydrogen) atoms.